The first-order valence-electron chi connectivity index (χ1n) is 18.7. The van der Waals surface area contributed by atoms with Gasteiger partial charge >= 0.3 is 20.3 Å². The van der Waals surface area contributed by atoms with Crippen LogP contribution in [-0.2, 0) is 28.7 Å². The minimum atomic E-state index is -4.55. The highest BCUT2D eigenvalue weighted by Gasteiger charge is 2.58. The van der Waals surface area contributed by atoms with E-state index in [1.807, 2.05) is 81.4 Å². The molecule has 0 aliphatic carbocycles. The maximum Gasteiger partial charge on any atom is 0.335 e. The van der Waals surface area contributed by atoms with Gasteiger partial charge in [-0.2, -0.15) is 0 Å². The van der Waals surface area contributed by atoms with Gasteiger partial charge in [0.05, 0.1) is 30.9 Å². The molecule has 4 heterocycles. The lowest BCUT2D eigenvalue weighted by atomic mass is 10.0. The number of methoxy groups -OCH3 is 1. The number of hydrogen-bond donors (Lipinski definition) is 0. The number of fused-ring (bicyclic) bond motifs is 1. The molecule has 3 aliphatic heterocycles. The molecule has 16 heteroatoms. The van der Waals surface area contributed by atoms with E-state index in [9.17, 15) is 22.4 Å². The molecule has 4 aromatic rings. The van der Waals surface area contributed by atoms with Crippen LogP contribution in [0.3, 0.4) is 0 Å². The molecular formula is C41H46FN3O9S2Si. The van der Waals surface area contributed by atoms with E-state index >= 15 is 0 Å². The third-order valence-corrected chi connectivity index (χ3v) is 19.5. The Morgan fingerprint density at radius 1 is 1.04 bits per heavy atom. The molecule has 2 saturated heterocycles. The Bertz CT molecular complexity index is 2170. The van der Waals surface area contributed by atoms with Gasteiger partial charge in [-0.3, -0.25) is 4.79 Å². The number of carbonyl (C=O) groups excluding carboxylic acids is 2. The molecule has 2 fully saturated rings. The van der Waals surface area contributed by atoms with Crippen molar-refractivity contribution in [1.29, 1.82) is 0 Å². The average molecular weight is 836 g/mol. The van der Waals surface area contributed by atoms with Crippen molar-refractivity contribution in [1.82, 2.24) is 14.2 Å². The van der Waals surface area contributed by atoms with Crippen LogP contribution >= 0.6 is 11.8 Å². The zero-order valence-corrected chi connectivity index (χ0v) is 35.1. The van der Waals surface area contributed by atoms with Gasteiger partial charge in [-0.25, -0.2) is 26.9 Å². The summed E-state index contributed by atoms with van der Waals surface area (Å²) in [5.74, 6) is -0.874. The van der Waals surface area contributed by atoms with Gasteiger partial charge in [0.15, 0.2) is 0 Å². The topological polar surface area (TPSA) is 138 Å². The van der Waals surface area contributed by atoms with Crippen molar-refractivity contribution < 1.29 is 45.5 Å². The highest BCUT2D eigenvalue weighted by atomic mass is 32.2. The quantitative estimate of drug-likeness (QED) is 0.153. The molecule has 2 unspecified atom stereocenters. The van der Waals surface area contributed by atoms with Crippen molar-refractivity contribution in [2.75, 3.05) is 33.4 Å². The van der Waals surface area contributed by atoms with Crippen LogP contribution in [0.15, 0.2) is 101 Å². The van der Waals surface area contributed by atoms with Crippen LogP contribution in [0, 0.1) is 5.82 Å². The first kappa shape index (κ1) is 40.7. The zero-order chi connectivity index (χ0) is 40.5. The molecule has 0 bridgehead atoms. The summed E-state index contributed by atoms with van der Waals surface area (Å²) in [7, 11) is -6.59. The predicted octanol–water partition coefficient (Wildman–Crippen LogP) is 6.10. The van der Waals surface area contributed by atoms with E-state index in [0.29, 0.717) is 52.2 Å². The van der Waals surface area contributed by atoms with Crippen LogP contribution < -0.4 is 15.1 Å². The Balaban J connectivity index is 1.30. The fraction of sp³-hybridized carbons (Fsp3) is 0.390. The minimum absolute atomic E-state index is 0.202. The van der Waals surface area contributed by atoms with E-state index in [4.69, 9.17) is 23.1 Å². The lowest BCUT2D eigenvalue weighted by Gasteiger charge is -2.45. The van der Waals surface area contributed by atoms with Crippen LogP contribution in [0.4, 0.5) is 9.18 Å². The molecule has 3 aromatic carbocycles. The Labute approximate surface area is 337 Å². The van der Waals surface area contributed by atoms with E-state index < -0.39 is 64.5 Å². The van der Waals surface area contributed by atoms with Gasteiger partial charge in [0.1, 0.15) is 41.1 Å². The second-order valence-corrected chi connectivity index (χ2v) is 22.6. The van der Waals surface area contributed by atoms with Gasteiger partial charge in [-0.15, -0.1) is 0 Å². The second-order valence-electron chi connectivity index (χ2n) is 15.2. The molecule has 0 saturated carbocycles. The molecule has 302 valence electrons. The highest BCUT2D eigenvalue weighted by molar-refractivity contribution is 8.10. The van der Waals surface area contributed by atoms with Crippen LogP contribution in [-0.4, -0.2) is 93.1 Å². The van der Waals surface area contributed by atoms with Crippen molar-refractivity contribution in [3.8, 4) is 5.75 Å². The Morgan fingerprint density at radius 2 is 1.68 bits per heavy atom. The molecular weight excluding hydrogens is 790 g/mol. The van der Waals surface area contributed by atoms with Crippen LogP contribution in [0.2, 0.25) is 5.04 Å². The molecule has 1 aromatic heterocycles. The van der Waals surface area contributed by atoms with Gasteiger partial charge < -0.3 is 28.0 Å². The summed E-state index contributed by atoms with van der Waals surface area (Å²) in [6.45, 7) is 7.48. The normalized spacial score (nSPS) is 20.7. The van der Waals surface area contributed by atoms with E-state index in [0.717, 1.165) is 22.1 Å². The number of oxazole rings is 1. The molecule has 3 aliphatic rings. The van der Waals surface area contributed by atoms with E-state index in [-0.39, 0.29) is 18.5 Å². The number of benzene rings is 3. The van der Waals surface area contributed by atoms with Crippen molar-refractivity contribution in [3.05, 3.63) is 114 Å². The summed E-state index contributed by atoms with van der Waals surface area (Å²) in [4.78, 5) is 35.6. The third kappa shape index (κ3) is 7.77. The molecule has 0 N–H and O–H groups in total. The van der Waals surface area contributed by atoms with Gasteiger partial charge in [0.2, 0.25) is 15.9 Å². The van der Waals surface area contributed by atoms with E-state index in [1.165, 1.54) is 42.7 Å². The monoisotopic (exact) mass is 835 g/mol. The Morgan fingerprint density at radius 3 is 2.26 bits per heavy atom. The standard InChI is InChI=1S/C41H46FN3O9S2Si/c1-27-36(38-43-20-23-52-38)55-39-37(27)56(48,49)45(26-35(46)54-57(41(2,3)4,30-12-8-6-9-13-30)31-14-10-7-11-15-31)40(47)44(39)25-34(53-29-18-21-51-22-19-29)32-24-28(42)16-17-33(32)50-5/h6-17,20,23-24,29,34,37,39H,18-19,21-22,25-26H2,1-5H3/t34-,37?,39?/m0/s1. The van der Waals surface area contributed by atoms with E-state index in [1.54, 1.807) is 6.92 Å². The first-order chi connectivity index (χ1) is 27.3. The molecule has 2 amide bonds. The second kappa shape index (κ2) is 16.4. The summed E-state index contributed by atoms with van der Waals surface area (Å²) in [5, 5.41) is -1.29. The van der Waals surface area contributed by atoms with Crippen molar-refractivity contribution in [3.63, 3.8) is 0 Å². The highest BCUT2D eigenvalue weighted by Crippen LogP contribution is 2.51. The van der Waals surface area contributed by atoms with E-state index in [2.05, 4.69) is 4.98 Å². The van der Waals surface area contributed by atoms with Crippen LogP contribution in [0.25, 0.3) is 4.91 Å². The van der Waals surface area contributed by atoms with Crippen LogP contribution in [0.5, 0.6) is 5.75 Å². The number of sulfonamides is 1. The number of rotatable bonds is 12. The average Bonchev–Trinajstić information content (AvgIpc) is 3.86. The molecule has 0 radical (unpaired) electrons. The number of nitrogens with zero attached hydrogens (tertiary/aromatic N) is 3. The molecule has 0 spiro atoms. The maximum atomic E-state index is 14.9. The van der Waals surface area contributed by atoms with Gasteiger partial charge in [-0.05, 0) is 58.9 Å². The Hall–Kier alpha value is -4.48. The number of urea groups is 1. The number of thioether (sulfide) groups is 1. The summed E-state index contributed by atoms with van der Waals surface area (Å²) in [6, 6.07) is 22.0. The fourth-order valence-electron chi connectivity index (χ4n) is 7.97. The minimum Gasteiger partial charge on any atom is -0.508 e. The number of halogens is 1. The number of hydrogen-bond acceptors (Lipinski definition) is 11. The number of aromatic nitrogens is 1. The van der Waals surface area contributed by atoms with Gasteiger partial charge in [0, 0.05) is 18.8 Å². The lowest BCUT2D eigenvalue weighted by molar-refractivity contribution is -0.135. The maximum absolute atomic E-state index is 14.9. The summed E-state index contributed by atoms with van der Waals surface area (Å²) in [6.07, 6.45) is 2.71. The van der Waals surface area contributed by atoms with Crippen LogP contribution in [0.1, 0.15) is 58.1 Å². The number of amides is 2. The smallest absolute Gasteiger partial charge is 0.335 e. The molecule has 12 nitrogen and oxygen atoms in total. The summed E-state index contributed by atoms with van der Waals surface area (Å²) < 4.78 is 75.3. The predicted molar refractivity (Wildman–Crippen MR) is 216 cm³/mol. The molecule has 3 atom stereocenters. The number of ether oxygens (including phenoxy) is 3. The lowest BCUT2D eigenvalue weighted by Crippen LogP contribution is -2.68. The van der Waals surface area contributed by atoms with Gasteiger partial charge in [0.25, 0.3) is 0 Å². The third-order valence-electron chi connectivity index (χ3n) is 10.7. The van der Waals surface area contributed by atoms with Crippen molar-refractivity contribution in [2.45, 2.75) is 68.4 Å². The SMILES string of the molecule is COc1ccc(F)cc1[C@H](CN1C(=O)N(CC(=O)O[Si](c2ccccc2)(c2ccccc2)C(C)(C)C)S(=O)(=O)C2C(C)=C(c3ncco3)SC21)OC1CCOCC1. The van der Waals surface area contributed by atoms with Crippen molar-refractivity contribution >= 4 is 57.4 Å². The van der Waals surface area contributed by atoms with Crippen molar-refractivity contribution in [2.24, 2.45) is 0 Å². The fourth-order valence-corrected chi connectivity index (χ4v) is 16.2. The summed E-state index contributed by atoms with van der Waals surface area (Å²) >= 11 is 1.13. The molecule has 7 rings (SSSR count). The zero-order valence-electron chi connectivity index (χ0n) is 32.4. The van der Waals surface area contributed by atoms with Gasteiger partial charge in [-0.1, -0.05) is 93.2 Å². The summed E-state index contributed by atoms with van der Waals surface area (Å²) in [5.41, 5.74) is 0.751. The largest absolute Gasteiger partial charge is 0.508 e. The Kier molecular flexibility index (Phi) is 11.7. The number of carbonyl (C=O) groups is 2. The molecule has 57 heavy (non-hydrogen) atoms. The first-order valence-corrected chi connectivity index (χ1v) is 23.0.